The molecule has 0 spiro atoms. The molecule has 8 nitrogen and oxygen atoms in total. The van der Waals surface area contributed by atoms with Gasteiger partial charge < -0.3 is 25.4 Å². The second-order valence-corrected chi connectivity index (χ2v) is 8.65. The predicted octanol–water partition coefficient (Wildman–Crippen LogP) is 3.62. The Morgan fingerprint density at radius 1 is 1.16 bits per heavy atom. The summed E-state index contributed by atoms with van der Waals surface area (Å²) in [5.41, 5.74) is 0.708. The predicted molar refractivity (Wildman–Crippen MR) is 123 cm³/mol. The maximum Gasteiger partial charge on any atom is 0.303 e. The maximum atomic E-state index is 13.1. The molecule has 0 radical (unpaired) electrons. The summed E-state index contributed by atoms with van der Waals surface area (Å²) in [7, 11) is 0. The van der Waals surface area contributed by atoms with Crippen LogP contribution in [0.25, 0.3) is 0 Å². The molecule has 1 aliphatic carbocycles. The smallest absolute Gasteiger partial charge is 0.303 e. The molecule has 1 saturated carbocycles. The summed E-state index contributed by atoms with van der Waals surface area (Å²) < 4.78 is 5.58. The summed E-state index contributed by atoms with van der Waals surface area (Å²) in [4.78, 5) is 38.3. The summed E-state index contributed by atoms with van der Waals surface area (Å²) in [5.74, 6) is -0.157. The fourth-order valence-electron chi connectivity index (χ4n) is 3.80. The van der Waals surface area contributed by atoms with E-state index in [9.17, 15) is 14.4 Å². The van der Waals surface area contributed by atoms with Crippen molar-refractivity contribution in [1.82, 2.24) is 10.2 Å². The number of carboxylic acids is 1. The van der Waals surface area contributed by atoms with E-state index < -0.39 is 12.1 Å². The third kappa shape index (κ3) is 8.05. The number of anilines is 1. The summed E-state index contributed by atoms with van der Waals surface area (Å²) in [5, 5.41) is 14.9. The van der Waals surface area contributed by atoms with Gasteiger partial charge in [0.05, 0.1) is 6.61 Å². The van der Waals surface area contributed by atoms with Crippen LogP contribution in [0.5, 0.6) is 5.75 Å². The Kier molecular flexibility index (Phi) is 10.3. The largest absolute Gasteiger partial charge is 0.494 e. The second kappa shape index (κ2) is 12.9. The number of nitrogens with zero attached hydrogens (tertiary/aromatic N) is 1. The fourth-order valence-corrected chi connectivity index (χ4v) is 3.80. The Hall–Kier alpha value is -2.77. The normalized spacial score (nSPS) is 14.8. The Balaban J connectivity index is 2.13. The van der Waals surface area contributed by atoms with Crippen LogP contribution in [-0.2, 0) is 14.4 Å². The highest BCUT2D eigenvalue weighted by Crippen LogP contribution is 2.27. The van der Waals surface area contributed by atoms with E-state index in [0.29, 0.717) is 43.3 Å². The first kappa shape index (κ1) is 25.5. The van der Waals surface area contributed by atoms with E-state index in [2.05, 4.69) is 10.6 Å². The maximum absolute atomic E-state index is 13.1. The number of carboxylic acid groups (broad SMARTS) is 1. The van der Waals surface area contributed by atoms with Gasteiger partial charge >= 0.3 is 5.97 Å². The van der Waals surface area contributed by atoms with Crippen molar-refractivity contribution >= 4 is 23.5 Å². The van der Waals surface area contributed by atoms with Crippen molar-refractivity contribution in [3.8, 4) is 5.75 Å². The van der Waals surface area contributed by atoms with Crippen molar-refractivity contribution in [2.24, 2.45) is 5.92 Å². The molecule has 2 rings (SSSR count). The number of hydrogen-bond acceptors (Lipinski definition) is 5. The summed E-state index contributed by atoms with van der Waals surface area (Å²) in [6.07, 6.45) is 3.99. The summed E-state index contributed by atoms with van der Waals surface area (Å²) in [6.45, 7) is 6.75. The molecule has 0 aliphatic heterocycles. The number of benzene rings is 1. The van der Waals surface area contributed by atoms with Gasteiger partial charge in [0.15, 0.2) is 6.17 Å². The van der Waals surface area contributed by atoms with Crippen molar-refractivity contribution < 1.29 is 24.2 Å². The monoisotopic (exact) mass is 447 g/mol. The first-order valence-corrected chi connectivity index (χ1v) is 11.6. The van der Waals surface area contributed by atoms with E-state index in [1.807, 2.05) is 20.8 Å². The fraction of sp³-hybridized carbons (Fsp3) is 0.625. The number of carbonyl (C=O) groups is 3. The van der Waals surface area contributed by atoms with Crippen LogP contribution in [0.4, 0.5) is 5.69 Å². The van der Waals surface area contributed by atoms with Crippen molar-refractivity contribution in [3.05, 3.63) is 24.3 Å². The van der Waals surface area contributed by atoms with Gasteiger partial charge in [-0.05, 0) is 49.4 Å². The third-order valence-corrected chi connectivity index (χ3v) is 5.48. The summed E-state index contributed by atoms with van der Waals surface area (Å²) in [6, 6.07) is 7.21. The van der Waals surface area contributed by atoms with Crippen LogP contribution < -0.4 is 15.4 Å². The average molecular weight is 448 g/mol. The quantitative estimate of drug-likeness (QED) is 0.315. The van der Waals surface area contributed by atoms with Crippen molar-refractivity contribution in [3.63, 3.8) is 0 Å². The SMILES string of the molecule is CCC(=O)N(C1CCCC1)C(Nc1ccc(OCCCC(=O)O)cc1)C(=O)NCC(C)C. The molecule has 2 amide bonds. The minimum Gasteiger partial charge on any atom is -0.494 e. The Morgan fingerprint density at radius 2 is 1.81 bits per heavy atom. The molecule has 1 fully saturated rings. The van der Waals surface area contributed by atoms with Gasteiger partial charge in [-0.15, -0.1) is 0 Å². The second-order valence-electron chi connectivity index (χ2n) is 8.65. The number of amides is 2. The van der Waals surface area contributed by atoms with Crippen LogP contribution in [0.3, 0.4) is 0 Å². The number of carbonyl (C=O) groups excluding carboxylic acids is 2. The summed E-state index contributed by atoms with van der Waals surface area (Å²) >= 11 is 0. The Morgan fingerprint density at radius 3 is 2.38 bits per heavy atom. The standard InChI is InChI=1S/C24H37N3O5/c1-4-21(28)27(19-8-5-6-9-19)23(24(31)25-16-17(2)3)26-18-11-13-20(14-12-18)32-15-7-10-22(29)30/h11-14,17,19,23,26H,4-10,15-16H2,1-3H3,(H,25,31)(H,29,30). The molecular weight excluding hydrogens is 410 g/mol. The molecule has 0 saturated heterocycles. The zero-order chi connectivity index (χ0) is 23.5. The zero-order valence-corrected chi connectivity index (χ0v) is 19.4. The molecule has 178 valence electrons. The van der Waals surface area contributed by atoms with Crippen molar-refractivity contribution in [2.45, 2.75) is 77.9 Å². The first-order chi connectivity index (χ1) is 15.3. The molecule has 32 heavy (non-hydrogen) atoms. The van der Waals surface area contributed by atoms with Crippen LogP contribution in [0, 0.1) is 5.92 Å². The highest BCUT2D eigenvalue weighted by molar-refractivity contribution is 5.89. The third-order valence-electron chi connectivity index (χ3n) is 5.48. The highest BCUT2D eigenvalue weighted by Gasteiger charge is 2.35. The molecule has 8 heteroatoms. The molecule has 1 aliphatic rings. The van der Waals surface area contributed by atoms with E-state index in [4.69, 9.17) is 9.84 Å². The van der Waals surface area contributed by atoms with Crippen LogP contribution in [0.2, 0.25) is 0 Å². The van der Waals surface area contributed by atoms with Gasteiger partial charge in [-0.2, -0.15) is 0 Å². The van der Waals surface area contributed by atoms with Gasteiger partial charge in [0.25, 0.3) is 5.91 Å². The Labute approximate surface area is 190 Å². The topological polar surface area (TPSA) is 108 Å². The van der Waals surface area contributed by atoms with Gasteiger partial charge in [0.1, 0.15) is 5.75 Å². The number of rotatable bonds is 13. The Bertz CT molecular complexity index is 745. The van der Waals surface area contributed by atoms with E-state index in [1.54, 1.807) is 29.2 Å². The zero-order valence-electron chi connectivity index (χ0n) is 19.4. The van der Waals surface area contributed by atoms with E-state index >= 15 is 0 Å². The molecule has 1 unspecified atom stereocenters. The van der Waals surface area contributed by atoms with Crippen LogP contribution in [-0.4, -0.2) is 53.1 Å². The van der Waals surface area contributed by atoms with Gasteiger partial charge in [0.2, 0.25) is 5.91 Å². The lowest BCUT2D eigenvalue weighted by Gasteiger charge is -2.36. The van der Waals surface area contributed by atoms with Crippen LogP contribution in [0.1, 0.15) is 65.7 Å². The number of nitrogens with one attached hydrogen (secondary N) is 2. The van der Waals surface area contributed by atoms with Gasteiger partial charge in [0, 0.05) is 31.1 Å². The van der Waals surface area contributed by atoms with Crippen LogP contribution in [0.15, 0.2) is 24.3 Å². The molecule has 3 N–H and O–H groups in total. The van der Waals surface area contributed by atoms with Crippen LogP contribution >= 0.6 is 0 Å². The molecular formula is C24H37N3O5. The molecule has 1 aromatic carbocycles. The molecule has 1 atom stereocenters. The highest BCUT2D eigenvalue weighted by atomic mass is 16.5. The van der Waals surface area contributed by atoms with E-state index in [-0.39, 0.29) is 24.3 Å². The first-order valence-electron chi connectivity index (χ1n) is 11.6. The average Bonchev–Trinajstić information content (AvgIpc) is 3.29. The van der Waals surface area contributed by atoms with E-state index in [0.717, 1.165) is 25.7 Å². The molecule has 0 bridgehead atoms. The van der Waals surface area contributed by atoms with Crippen molar-refractivity contribution in [2.75, 3.05) is 18.5 Å². The van der Waals surface area contributed by atoms with Gasteiger partial charge in [-0.1, -0.05) is 33.6 Å². The number of aliphatic carboxylic acids is 1. The minimum absolute atomic E-state index is 0.0347. The molecule has 1 aromatic rings. The number of hydrogen-bond donors (Lipinski definition) is 3. The van der Waals surface area contributed by atoms with Gasteiger partial charge in [-0.25, -0.2) is 0 Å². The lowest BCUT2D eigenvalue weighted by atomic mass is 10.1. The number of ether oxygens (including phenoxy) is 1. The van der Waals surface area contributed by atoms with E-state index in [1.165, 1.54) is 0 Å². The minimum atomic E-state index is -0.844. The molecule has 0 heterocycles. The lowest BCUT2D eigenvalue weighted by molar-refractivity contribution is -0.141. The van der Waals surface area contributed by atoms with Gasteiger partial charge in [-0.3, -0.25) is 14.4 Å². The van der Waals surface area contributed by atoms with Crippen molar-refractivity contribution in [1.29, 1.82) is 0 Å². The lowest BCUT2D eigenvalue weighted by Crippen LogP contribution is -2.57. The molecule has 0 aromatic heterocycles.